The topological polar surface area (TPSA) is 20.2 Å². The first-order chi connectivity index (χ1) is 7.16. The molecule has 0 aromatic heterocycles. The third-order valence-corrected chi connectivity index (χ3v) is 2.20. The van der Waals surface area contributed by atoms with E-state index in [2.05, 4.69) is 6.07 Å². The van der Waals surface area contributed by atoms with Gasteiger partial charge in [0.2, 0.25) is 0 Å². The summed E-state index contributed by atoms with van der Waals surface area (Å²) < 4.78 is 13.1. The van der Waals surface area contributed by atoms with Crippen LogP contribution in [0.4, 0.5) is 4.39 Å². The van der Waals surface area contributed by atoms with Gasteiger partial charge >= 0.3 is 0 Å². The molecule has 75 valence electrons. The maximum Gasteiger partial charge on any atom is 0.125 e. The molecule has 0 spiro atoms. The largest absolute Gasteiger partial charge is 0.507 e. The third kappa shape index (κ3) is 2.10. The van der Waals surface area contributed by atoms with Gasteiger partial charge in [-0.2, -0.15) is 0 Å². The van der Waals surface area contributed by atoms with Crippen LogP contribution >= 0.6 is 11.6 Å². The smallest absolute Gasteiger partial charge is 0.125 e. The van der Waals surface area contributed by atoms with E-state index in [1.54, 1.807) is 18.2 Å². The van der Waals surface area contributed by atoms with E-state index in [0.717, 1.165) is 0 Å². The van der Waals surface area contributed by atoms with Crippen LogP contribution in [0.2, 0.25) is 5.02 Å². The molecule has 1 N–H and O–H groups in total. The molecule has 1 radical (unpaired) electrons. The van der Waals surface area contributed by atoms with Gasteiger partial charge < -0.3 is 5.11 Å². The molecule has 15 heavy (non-hydrogen) atoms. The number of rotatable bonds is 1. The quantitative estimate of drug-likeness (QED) is 0.779. The Morgan fingerprint density at radius 3 is 2.73 bits per heavy atom. The van der Waals surface area contributed by atoms with Gasteiger partial charge in [0.15, 0.2) is 0 Å². The van der Waals surface area contributed by atoms with Crippen molar-refractivity contribution in [3.63, 3.8) is 0 Å². The van der Waals surface area contributed by atoms with E-state index in [0.29, 0.717) is 16.1 Å². The fourth-order valence-corrected chi connectivity index (χ4v) is 1.58. The van der Waals surface area contributed by atoms with Crippen molar-refractivity contribution in [2.75, 3.05) is 0 Å². The molecule has 0 atom stereocenters. The monoisotopic (exact) mass is 221 g/mol. The van der Waals surface area contributed by atoms with Crippen molar-refractivity contribution in [3.05, 3.63) is 53.3 Å². The summed E-state index contributed by atoms with van der Waals surface area (Å²) in [4.78, 5) is 0. The lowest BCUT2D eigenvalue weighted by molar-refractivity contribution is 0.477. The molecule has 3 heteroatoms. The zero-order valence-electron chi connectivity index (χ0n) is 7.67. The molecule has 0 amide bonds. The van der Waals surface area contributed by atoms with Gasteiger partial charge in [-0.05, 0) is 35.9 Å². The van der Waals surface area contributed by atoms with Crippen LogP contribution in [-0.2, 0) is 0 Å². The standard InChI is InChI=1S/C12H7ClFO/c13-9-5-8(6-10(14)7-9)11-3-1-2-4-12(11)15/h1-2,4-7,15H. The van der Waals surface area contributed by atoms with Crippen LogP contribution in [0, 0.1) is 11.9 Å². The van der Waals surface area contributed by atoms with Crippen LogP contribution in [0.25, 0.3) is 11.1 Å². The third-order valence-electron chi connectivity index (χ3n) is 1.99. The van der Waals surface area contributed by atoms with E-state index < -0.39 is 5.82 Å². The molecule has 1 nitrogen and oxygen atoms in total. The highest BCUT2D eigenvalue weighted by atomic mass is 35.5. The lowest BCUT2D eigenvalue weighted by Crippen LogP contribution is -1.82. The zero-order chi connectivity index (χ0) is 10.8. The van der Waals surface area contributed by atoms with Gasteiger partial charge in [-0.1, -0.05) is 23.7 Å². The number of hydrogen-bond donors (Lipinski definition) is 1. The Labute approximate surface area is 91.8 Å². The van der Waals surface area contributed by atoms with Gasteiger partial charge in [0.05, 0.1) is 0 Å². The van der Waals surface area contributed by atoms with E-state index in [1.165, 1.54) is 18.2 Å². The minimum atomic E-state index is -0.436. The van der Waals surface area contributed by atoms with E-state index in [4.69, 9.17) is 11.6 Å². The second-order valence-electron chi connectivity index (χ2n) is 3.09. The highest BCUT2D eigenvalue weighted by molar-refractivity contribution is 6.30. The summed E-state index contributed by atoms with van der Waals surface area (Å²) in [5.41, 5.74) is 0.956. The molecule has 0 bridgehead atoms. The number of phenolic OH excluding ortho intramolecular Hbond substituents is 1. The summed E-state index contributed by atoms with van der Waals surface area (Å²) in [5.74, 6) is -0.381. The summed E-state index contributed by atoms with van der Waals surface area (Å²) in [5, 5.41) is 9.84. The number of hydrogen-bond acceptors (Lipinski definition) is 1. The van der Waals surface area contributed by atoms with Gasteiger partial charge in [0.1, 0.15) is 11.6 Å². The Morgan fingerprint density at radius 2 is 2.07 bits per heavy atom. The Morgan fingerprint density at radius 1 is 1.27 bits per heavy atom. The Hall–Kier alpha value is -1.54. The molecular formula is C12H7ClFO. The summed E-state index contributed by atoms with van der Waals surface area (Å²) in [6.07, 6.45) is 0. The van der Waals surface area contributed by atoms with Gasteiger partial charge in [-0.3, -0.25) is 0 Å². The van der Waals surface area contributed by atoms with Crippen LogP contribution < -0.4 is 0 Å². The summed E-state index contributed by atoms with van der Waals surface area (Å²) in [7, 11) is 0. The maximum atomic E-state index is 13.1. The Balaban J connectivity index is 2.59. The molecule has 0 saturated carbocycles. The molecule has 2 rings (SSSR count). The predicted octanol–water partition coefficient (Wildman–Crippen LogP) is 3.65. The number of benzene rings is 2. The molecule has 0 fully saturated rings. The SMILES string of the molecule is Oc1ccc[c]c1-c1cc(F)cc(Cl)c1. The van der Waals surface area contributed by atoms with Crippen molar-refractivity contribution >= 4 is 11.6 Å². The van der Waals surface area contributed by atoms with Gasteiger partial charge in [-0.15, -0.1) is 0 Å². The van der Waals surface area contributed by atoms with Crippen LogP contribution in [0.15, 0.2) is 36.4 Å². The highest BCUT2D eigenvalue weighted by Gasteiger charge is 2.06. The Bertz CT molecular complexity index is 476. The lowest BCUT2D eigenvalue weighted by atomic mass is 10.0. The molecule has 0 aliphatic rings. The van der Waals surface area contributed by atoms with Crippen molar-refractivity contribution in [3.8, 4) is 16.9 Å². The second kappa shape index (κ2) is 3.91. The van der Waals surface area contributed by atoms with Crippen LogP contribution in [0.1, 0.15) is 0 Å². The highest BCUT2D eigenvalue weighted by Crippen LogP contribution is 2.30. The summed E-state index contributed by atoms with van der Waals surface area (Å²) in [6.45, 7) is 0. The number of aromatic hydroxyl groups is 1. The summed E-state index contributed by atoms with van der Waals surface area (Å²) >= 11 is 5.72. The normalized spacial score (nSPS) is 10.3. The average molecular weight is 222 g/mol. The zero-order valence-corrected chi connectivity index (χ0v) is 8.42. The first-order valence-electron chi connectivity index (χ1n) is 4.33. The van der Waals surface area contributed by atoms with Crippen molar-refractivity contribution in [2.24, 2.45) is 0 Å². The van der Waals surface area contributed by atoms with Crippen molar-refractivity contribution in [1.82, 2.24) is 0 Å². The van der Waals surface area contributed by atoms with Gasteiger partial charge in [0, 0.05) is 10.6 Å². The van der Waals surface area contributed by atoms with Gasteiger partial charge in [-0.25, -0.2) is 4.39 Å². The van der Waals surface area contributed by atoms with Crippen LogP contribution in [0.5, 0.6) is 5.75 Å². The van der Waals surface area contributed by atoms with E-state index >= 15 is 0 Å². The van der Waals surface area contributed by atoms with Crippen LogP contribution in [0.3, 0.4) is 0 Å². The minimum absolute atomic E-state index is 0.0548. The van der Waals surface area contributed by atoms with E-state index in [1.807, 2.05) is 0 Å². The van der Waals surface area contributed by atoms with Crippen molar-refractivity contribution in [2.45, 2.75) is 0 Å². The van der Waals surface area contributed by atoms with Crippen molar-refractivity contribution in [1.29, 1.82) is 0 Å². The molecular weight excluding hydrogens is 215 g/mol. The van der Waals surface area contributed by atoms with Crippen molar-refractivity contribution < 1.29 is 9.50 Å². The minimum Gasteiger partial charge on any atom is -0.507 e. The number of halogens is 2. The molecule has 0 aliphatic carbocycles. The fourth-order valence-electron chi connectivity index (χ4n) is 1.36. The fraction of sp³-hybridized carbons (Fsp3) is 0. The molecule has 0 heterocycles. The van der Waals surface area contributed by atoms with E-state index in [-0.39, 0.29) is 5.75 Å². The molecule has 0 unspecified atom stereocenters. The maximum absolute atomic E-state index is 13.1. The Kier molecular flexibility index (Phi) is 2.60. The first kappa shape index (κ1) is 9.99. The number of phenols is 1. The molecule has 2 aromatic carbocycles. The van der Waals surface area contributed by atoms with Gasteiger partial charge in [0.25, 0.3) is 0 Å². The first-order valence-corrected chi connectivity index (χ1v) is 4.71. The summed E-state index contributed by atoms with van der Waals surface area (Å²) in [6, 6.07) is 11.7. The van der Waals surface area contributed by atoms with E-state index in [9.17, 15) is 9.50 Å². The lowest BCUT2D eigenvalue weighted by Gasteiger charge is -2.04. The second-order valence-corrected chi connectivity index (χ2v) is 3.52. The van der Waals surface area contributed by atoms with Crippen LogP contribution in [-0.4, -0.2) is 5.11 Å². The molecule has 0 saturated heterocycles. The molecule has 0 aliphatic heterocycles. The average Bonchev–Trinajstić information content (AvgIpc) is 2.16. The predicted molar refractivity (Wildman–Crippen MR) is 57.3 cm³/mol. The molecule has 2 aromatic rings.